The number of methoxy groups -OCH3 is 1. The number of β-lactam (4-membered cyclic amide) rings is 1. The Morgan fingerprint density at radius 3 is 2.57 bits per heavy atom. The van der Waals surface area contributed by atoms with Crippen molar-refractivity contribution in [3.8, 4) is 5.75 Å². The van der Waals surface area contributed by atoms with Crippen molar-refractivity contribution in [3.05, 3.63) is 65.7 Å². The summed E-state index contributed by atoms with van der Waals surface area (Å²) in [6.07, 6.45) is 2.25. The molecule has 3 unspecified atom stereocenters. The molecule has 7 nitrogen and oxygen atoms in total. The topological polar surface area (TPSA) is 84.9 Å². The Balaban J connectivity index is 1.60. The first-order valence-corrected chi connectivity index (χ1v) is 10.8. The van der Waals surface area contributed by atoms with Gasteiger partial charge in [-0.15, -0.1) is 11.8 Å². The van der Waals surface area contributed by atoms with Crippen molar-refractivity contribution in [2.24, 2.45) is 0 Å². The van der Waals surface area contributed by atoms with Gasteiger partial charge in [-0.2, -0.15) is 0 Å². The Kier molecular flexibility index (Phi) is 5.42. The Hall–Kier alpha value is -3.00. The van der Waals surface area contributed by atoms with E-state index in [1.807, 2.05) is 48.7 Å². The van der Waals surface area contributed by atoms with E-state index in [1.54, 1.807) is 17.0 Å². The number of carbonyl (C=O) groups is 3. The van der Waals surface area contributed by atoms with E-state index >= 15 is 0 Å². The van der Waals surface area contributed by atoms with Crippen molar-refractivity contribution in [1.29, 1.82) is 0 Å². The van der Waals surface area contributed by atoms with Crippen molar-refractivity contribution in [1.82, 2.24) is 10.2 Å². The number of ether oxygens (including phenoxy) is 2. The summed E-state index contributed by atoms with van der Waals surface area (Å²) in [5, 5.41) is 2.82. The fourth-order valence-electron chi connectivity index (χ4n) is 4.24. The van der Waals surface area contributed by atoms with Crippen LogP contribution in [0.25, 0.3) is 0 Å². The van der Waals surface area contributed by atoms with Crippen molar-refractivity contribution in [2.45, 2.75) is 23.4 Å². The summed E-state index contributed by atoms with van der Waals surface area (Å²) in [6, 6.07) is 15.2. The standard InChI is InChI=1S/C22H22N2O5S/c1-28-21(27)17-12-14-8-6-7-11-16(14)22(30-2)19(20(26)24(17)22)23-18(25)13-29-15-9-4-3-5-10-15/h3-11,17,19H,12-13H2,1-2H3,(H,23,25). The molecule has 1 saturated heterocycles. The Bertz CT molecular complexity index is 983. The fourth-order valence-corrected chi connectivity index (χ4v) is 5.47. The van der Waals surface area contributed by atoms with Gasteiger partial charge in [0.2, 0.25) is 0 Å². The molecule has 1 fully saturated rings. The first-order chi connectivity index (χ1) is 14.5. The number of fused-ring (bicyclic) bond motifs is 3. The zero-order valence-corrected chi connectivity index (χ0v) is 17.5. The second-order valence-corrected chi connectivity index (χ2v) is 8.14. The van der Waals surface area contributed by atoms with Gasteiger partial charge in [-0.3, -0.25) is 9.59 Å². The summed E-state index contributed by atoms with van der Waals surface area (Å²) in [5.41, 5.74) is 1.89. The normalized spacial score (nSPS) is 24.2. The molecule has 2 amide bonds. The van der Waals surface area contributed by atoms with Gasteiger partial charge in [-0.1, -0.05) is 42.5 Å². The Morgan fingerprint density at radius 2 is 1.87 bits per heavy atom. The van der Waals surface area contributed by atoms with Crippen molar-refractivity contribution in [3.63, 3.8) is 0 Å². The quantitative estimate of drug-likeness (QED) is 0.559. The highest BCUT2D eigenvalue weighted by Gasteiger charge is 2.67. The molecular formula is C22H22N2O5S. The number of benzene rings is 2. The molecule has 2 aromatic rings. The zero-order valence-electron chi connectivity index (χ0n) is 16.7. The third kappa shape index (κ3) is 3.11. The number of amides is 2. The smallest absolute Gasteiger partial charge is 0.328 e. The first kappa shape index (κ1) is 20.3. The molecule has 0 saturated carbocycles. The summed E-state index contributed by atoms with van der Waals surface area (Å²) in [7, 11) is 1.31. The predicted octanol–water partition coefficient (Wildman–Crippen LogP) is 1.71. The van der Waals surface area contributed by atoms with Crippen LogP contribution in [0.5, 0.6) is 5.75 Å². The van der Waals surface area contributed by atoms with Gasteiger partial charge in [0.25, 0.3) is 11.8 Å². The van der Waals surface area contributed by atoms with Crippen molar-refractivity contribution < 1.29 is 23.9 Å². The molecule has 2 heterocycles. The fraction of sp³-hybridized carbons (Fsp3) is 0.318. The summed E-state index contributed by atoms with van der Waals surface area (Å²) in [4.78, 5) is 38.7. The number of rotatable bonds is 6. The molecule has 0 radical (unpaired) electrons. The van der Waals surface area contributed by atoms with Gasteiger partial charge in [0.1, 0.15) is 22.7 Å². The van der Waals surface area contributed by atoms with Crippen LogP contribution in [-0.4, -0.2) is 54.7 Å². The van der Waals surface area contributed by atoms with E-state index in [4.69, 9.17) is 9.47 Å². The van der Waals surface area contributed by atoms with Gasteiger partial charge in [0.05, 0.1) is 7.11 Å². The van der Waals surface area contributed by atoms with Crippen LogP contribution in [-0.2, 0) is 30.4 Å². The van der Waals surface area contributed by atoms with E-state index in [9.17, 15) is 14.4 Å². The minimum Gasteiger partial charge on any atom is -0.484 e. The van der Waals surface area contributed by atoms with Crippen LogP contribution in [0.4, 0.5) is 0 Å². The lowest BCUT2D eigenvalue weighted by Crippen LogP contribution is -2.80. The SMILES string of the molecule is COC(=O)C1Cc2ccccc2C2(SC)C(NC(=O)COc3ccccc3)C(=O)N12. The number of para-hydroxylation sites is 1. The van der Waals surface area contributed by atoms with Gasteiger partial charge in [-0.25, -0.2) is 4.79 Å². The van der Waals surface area contributed by atoms with E-state index in [-0.39, 0.29) is 12.5 Å². The van der Waals surface area contributed by atoms with Gasteiger partial charge >= 0.3 is 5.97 Å². The maximum Gasteiger partial charge on any atom is 0.328 e. The lowest BCUT2D eigenvalue weighted by Gasteiger charge is -2.61. The molecule has 30 heavy (non-hydrogen) atoms. The molecule has 0 spiro atoms. The maximum absolute atomic E-state index is 13.1. The molecule has 8 heteroatoms. The average Bonchev–Trinajstić information content (AvgIpc) is 2.79. The Morgan fingerprint density at radius 1 is 1.17 bits per heavy atom. The molecule has 0 aliphatic carbocycles. The Labute approximate surface area is 178 Å². The van der Waals surface area contributed by atoms with Crippen LogP contribution >= 0.6 is 11.8 Å². The van der Waals surface area contributed by atoms with Crippen LogP contribution in [0.1, 0.15) is 11.1 Å². The van der Waals surface area contributed by atoms with E-state index in [0.717, 1.165) is 11.1 Å². The molecule has 3 atom stereocenters. The minimum absolute atomic E-state index is 0.208. The van der Waals surface area contributed by atoms with Crippen molar-refractivity contribution in [2.75, 3.05) is 20.0 Å². The number of hydrogen-bond acceptors (Lipinski definition) is 6. The third-order valence-corrected chi connectivity index (χ3v) is 6.84. The minimum atomic E-state index is -0.868. The van der Waals surface area contributed by atoms with E-state index in [1.165, 1.54) is 18.9 Å². The van der Waals surface area contributed by atoms with Crippen LogP contribution < -0.4 is 10.1 Å². The van der Waals surface area contributed by atoms with Gasteiger partial charge < -0.3 is 19.7 Å². The molecule has 2 aliphatic rings. The molecule has 4 rings (SSSR count). The molecular weight excluding hydrogens is 404 g/mol. The third-order valence-electron chi connectivity index (χ3n) is 5.56. The highest BCUT2D eigenvalue weighted by atomic mass is 32.2. The number of carbonyl (C=O) groups excluding carboxylic acids is 3. The molecule has 0 aromatic heterocycles. The predicted molar refractivity (Wildman–Crippen MR) is 112 cm³/mol. The zero-order chi connectivity index (χ0) is 21.3. The second kappa shape index (κ2) is 8.02. The molecule has 0 bridgehead atoms. The van der Waals surface area contributed by atoms with Gasteiger partial charge in [-0.05, 0) is 29.5 Å². The maximum atomic E-state index is 13.1. The molecule has 1 N–H and O–H groups in total. The van der Waals surface area contributed by atoms with E-state index < -0.39 is 28.8 Å². The van der Waals surface area contributed by atoms with Gasteiger partial charge in [0.15, 0.2) is 6.61 Å². The monoisotopic (exact) mass is 426 g/mol. The molecule has 2 aromatic carbocycles. The summed E-state index contributed by atoms with van der Waals surface area (Å²) >= 11 is 1.43. The lowest BCUT2D eigenvalue weighted by atomic mass is 9.77. The van der Waals surface area contributed by atoms with Crippen LogP contribution in [0, 0.1) is 0 Å². The van der Waals surface area contributed by atoms with Crippen molar-refractivity contribution >= 4 is 29.5 Å². The van der Waals surface area contributed by atoms with Crippen LogP contribution in [0.2, 0.25) is 0 Å². The summed E-state index contributed by atoms with van der Waals surface area (Å²) in [6.45, 7) is -0.208. The number of esters is 1. The van der Waals surface area contributed by atoms with Crippen LogP contribution in [0.15, 0.2) is 54.6 Å². The first-order valence-electron chi connectivity index (χ1n) is 9.54. The average molecular weight is 426 g/mol. The molecule has 2 aliphatic heterocycles. The van der Waals surface area contributed by atoms with E-state index in [0.29, 0.717) is 12.2 Å². The second-order valence-electron chi connectivity index (χ2n) is 7.11. The highest BCUT2D eigenvalue weighted by Crippen LogP contribution is 2.54. The number of nitrogens with zero attached hydrogens (tertiary/aromatic N) is 1. The highest BCUT2D eigenvalue weighted by molar-refractivity contribution is 7.99. The van der Waals surface area contributed by atoms with E-state index in [2.05, 4.69) is 5.32 Å². The van der Waals surface area contributed by atoms with Gasteiger partial charge in [0, 0.05) is 6.42 Å². The number of hydrogen-bond donors (Lipinski definition) is 1. The van der Waals surface area contributed by atoms with Crippen LogP contribution in [0.3, 0.4) is 0 Å². The number of nitrogens with one attached hydrogen (secondary N) is 1. The summed E-state index contributed by atoms with van der Waals surface area (Å²) in [5.74, 6) is -0.596. The molecule has 156 valence electrons. The number of thioether (sulfide) groups is 1. The largest absolute Gasteiger partial charge is 0.484 e. The lowest BCUT2D eigenvalue weighted by molar-refractivity contribution is -0.173. The summed E-state index contributed by atoms with van der Waals surface area (Å²) < 4.78 is 10.5.